The normalized spacial score (nSPS) is 12.0. The first-order valence-corrected chi connectivity index (χ1v) is 12.8. The number of anilines is 2. The number of nitrogen functional groups attached to an aromatic ring is 1. The van der Waals surface area contributed by atoms with E-state index in [1.807, 2.05) is 29.8 Å². The Morgan fingerprint density at radius 3 is 2.68 bits per heavy atom. The molecule has 0 fully saturated rings. The number of nitrogens with zero attached hydrogens (tertiary/aromatic N) is 5. The molecule has 0 saturated heterocycles. The molecule has 1 unspecified atom stereocenters. The summed E-state index contributed by atoms with van der Waals surface area (Å²) in [7, 11) is 3.47. The lowest BCUT2D eigenvalue weighted by Crippen LogP contribution is -2.19. The predicted octanol–water partition coefficient (Wildman–Crippen LogP) is 5.37. The predicted molar refractivity (Wildman–Crippen MR) is 156 cm³/mol. The topological polar surface area (TPSA) is 133 Å². The number of hydrogen-bond donors (Lipinski definition) is 3. The van der Waals surface area contributed by atoms with E-state index < -0.39 is 12.0 Å². The molecule has 5 aromatic rings. The number of aliphatic hydroxyl groups is 1. The van der Waals surface area contributed by atoms with Gasteiger partial charge in [0.25, 0.3) is 0 Å². The second-order valence-electron chi connectivity index (χ2n) is 9.67. The number of hydrogen-bond acceptors (Lipinski definition) is 9. The molecule has 0 spiro atoms. The van der Waals surface area contributed by atoms with Gasteiger partial charge in [-0.05, 0) is 60.9 Å². The summed E-state index contributed by atoms with van der Waals surface area (Å²) in [5.41, 5.74) is 12.5. The summed E-state index contributed by atoms with van der Waals surface area (Å²) in [5.74, 6) is -0.356. The van der Waals surface area contributed by atoms with Crippen molar-refractivity contribution in [2.75, 3.05) is 18.2 Å². The quantitative estimate of drug-likeness (QED) is 0.162. The van der Waals surface area contributed by atoms with Crippen molar-refractivity contribution in [3.8, 4) is 34.1 Å². The molecule has 3 aromatic heterocycles. The maximum atomic E-state index is 15.5. The molecular formula is C30H30FN7O3. The smallest absolute Gasteiger partial charge is 0.322 e. The maximum Gasteiger partial charge on any atom is 0.322 e. The molecule has 210 valence electrons. The number of methoxy groups -OCH3 is 1. The monoisotopic (exact) mass is 555 g/mol. The minimum absolute atomic E-state index is 0.0167. The van der Waals surface area contributed by atoms with Gasteiger partial charge in [-0.3, -0.25) is 0 Å². The lowest BCUT2D eigenvalue weighted by molar-refractivity contribution is 0.185. The van der Waals surface area contributed by atoms with Crippen LogP contribution < -0.4 is 15.8 Å². The molecule has 0 aliphatic heterocycles. The Morgan fingerprint density at radius 1 is 1.17 bits per heavy atom. The van der Waals surface area contributed by atoms with Gasteiger partial charge in [0, 0.05) is 42.9 Å². The summed E-state index contributed by atoms with van der Waals surface area (Å²) in [6, 6.07) is 12.1. The van der Waals surface area contributed by atoms with E-state index in [2.05, 4.69) is 31.8 Å². The molecule has 5 rings (SSSR count). The minimum atomic E-state index is -0.909. The van der Waals surface area contributed by atoms with Gasteiger partial charge in [0.15, 0.2) is 11.6 Å². The zero-order valence-corrected chi connectivity index (χ0v) is 23.1. The Labute approximate surface area is 236 Å². The number of aryl methyl sites for hydroxylation is 2. The number of ether oxygens (including phenoxy) is 2. The number of halogens is 1. The highest BCUT2D eigenvalue weighted by Crippen LogP contribution is 2.44. The van der Waals surface area contributed by atoms with Crippen LogP contribution >= 0.6 is 0 Å². The highest BCUT2D eigenvalue weighted by molar-refractivity contribution is 6.08. The first kappa shape index (κ1) is 27.7. The fraction of sp³-hybridized carbons (Fsp3) is 0.200. The molecule has 0 radical (unpaired) electrons. The molecule has 0 aliphatic carbocycles. The second kappa shape index (κ2) is 11.3. The number of aromatic nitrogens is 5. The van der Waals surface area contributed by atoms with Gasteiger partial charge in [-0.1, -0.05) is 18.7 Å². The molecular weight excluding hydrogens is 525 g/mol. The Morgan fingerprint density at radius 2 is 1.98 bits per heavy atom. The van der Waals surface area contributed by atoms with E-state index in [9.17, 15) is 5.11 Å². The molecule has 3 heterocycles. The van der Waals surface area contributed by atoms with Crippen LogP contribution in [0.5, 0.6) is 11.8 Å². The summed E-state index contributed by atoms with van der Waals surface area (Å²) < 4.78 is 28.5. The number of aliphatic hydroxyl groups excluding tert-OH is 1. The standard InChI is InChI=1S/C30H30FN7O3/c1-16(2)29(39)37-20-7-8-21(19(12-20)14-40-5)26-24(25-27(32)34-15-35-28(25)38(26)4)18-6-9-23(22(31)13-18)41-30-33-11-10-17(3)36-30/h6-13,15,29,37,39H,1,14H2,2-5H3,(H2,32,34,35). The number of rotatable bonds is 9. The van der Waals surface area contributed by atoms with Gasteiger partial charge in [0.1, 0.15) is 24.0 Å². The van der Waals surface area contributed by atoms with Gasteiger partial charge < -0.3 is 30.2 Å². The Hall–Kier alpha value is -4.87. The summed E-state index contributed by atoms with van der Waals surface area (Å²) in [6.07, 6.45) is 2.04. The Bertz CT molecular complexity index is 1770. The first-order valence-electron chi connectivity index (χ1n) is 12.8. The van der Waals surface area contributed by atoms with Crippen LogP contribution in [0.15, 0.2) is 67.1 Å². The number of nitrogens with one attached hydrogen (secondary N) is 1. The van der Waals surface area contributed by atoms with Crippen molar-refractivity contribution in [3.63, 3.8) is 0 Å². The molecule has 11 heteroatoms. The molecule has 0 amide bonds. The number of fused-ring (bicyclic) bond motifs is 1. The number of nitrogens with two attached hydrogens (primary N) is 1. The zero-order valence-electron chi connectivity index (χ0n) is 23.1. The molecule has 2 aromatic carbocycles. The van der Waals surface area contributed by atoms with E-state index >= 15 is 4.39 Å². The van der Waals surface area contributed by atoms with Gasteiger partial charge in [-0.15, -0.1) is 0 Å². The zero-order chi connectivity index (χ0) is 29.3. The average molecular weight is 556 g/mol. The van der Waals surface area contributed by atoms with E-state index in [0.29, 0.717) is 39.1 Å². The van der Waals surface area contributed by atoms with Crippen molar-refractivity contribution in [2.45, 2.75) is 26.7 Å². The van der Waals surface area contributed by atoms with Crippen LogP contribution in [-0.2, 0) is 18.4 Å². The third-order valence-corrected chi connectivity index (χ3v) is 6.62. The van der Waals surface area contributed by atoms with Crippen molar-refractivity contribution < 1.29 is 19.0 Å². The van der Waals surface area contributed by atoms with Crippen LogP contribution in [0.25, 0.3) is 33.4 Å². The summed E-state index contributed by atoms with van der Waals surface area (Å²) in [6.45, 7) is 7.60. The average Bonchev–Trinajstić information content (AvgIpc) is 3.23. The van der Waals surface area contributed by atoms with E-state index in [4.69, 9.17) is 15.2 Å². The molecule has 0 aliphatic rings. The van der Waals surface area contributed by atoms with Crippen molar-refractivity contribution in [3.05, 3.63) is 84.2 Å². The van der Waals surface area contributed by atoms with E-state index in [1.165, 1.54) is 18.5 Å². The van der Waals surface area contributed by atoms with E-state index in [0.717, 1.165) is 16.8 Å². The van der Waals surface area contributed by atoms with Crippen LogP contribution in [0.1, 0.15) is 18.2 Å². The van der Waals surface area contributed by atoms with Crippen LogP contribution in [0.3, 0.4) is 0 Å². The Balaban J connectivity index is 1.68. The largest absolute Gasteiger partial charge is 0.421 e. The summed E-state index contributed by atoms with van der Waals surface area (Å²) in [5, 5.41) is 13.9. The maximum absolute atomic E-state index is 15.5. The molecule has 0 saturated carbocycles. The van der Waals surface area contributed by atoms with Gasteiger partial charge >= 0.3 is 6.01 Å². The van der Waals surface area contributed by atoms with Crippen LogP contribution in [0.4, 0.5) is 15.9 Å². The molecule has 10 nitrogen and oxygen atoms in total. The van der Waals surface area contributed by atoms with Crippen molar-refractivity contribution in [2.24, 2.45) is 7.05 Å². The van der Waals surface area contributed by atoms with E-state index in [1.54, 1.807) is 39.3 Å². The van der Waals surface area contributed by atoms with Gasteiger partial charge in [-0.2, -0.15) is 0 Å². The third-order valence-electron chi connectivity index (χ3n) is 6.62. The SMILES string of the molecule is C=C(C)C(O)Nc1ccc(-c2c(-c3ccc(Oc4nccc(C)n4)c(F)c3)c3c(N)ncnc3n2C)c(COC)c1. The molecule has 41 heavy (non-hydrogen) atoms. The highest BCUT2D eigenvalue weighted by atomic mass is 19.1. The van der Waals surface area contributed by atoms with Gasteiger partial charge in [-0.25, -0.2) is 24.3 Å². The van der Waals surface area contributed by atoms with Crippen LogP contribution in [0, 0.1) is 12.7 Å². The first-order chi connectivity index (χ1) is 19.7. The summed E-state index contributed by atoms with van der Waals surface area (Å²) in [4.78, 5) is 16.9. The second-order valence-corrected chi connectivity index (χ2v) is 9.67. The molecule has 4 N–H and O–H groups in total. The summed E-state index contributed by atoms with van der Waals surface area (Å²) >= 11 is 0. The molecule has 1 atom stereocenters. The lowest BCUT2D eigenvalue weighted by atomic mass is 9.95. The van der Waals surface area contributed by atoms with Crippen LogP contribution in [0.2, 0.25) is 0 Å². The highest BCUT2D eigenvalue weighted by Gasteiger charge is 2.25. The fourth-order valence-electron chi connectivity index (χ4n) is 4.66. The molecule has 0 bridgehead atoms. The van der Waals surface area contributed by atoms with Gasteiger partial charge in [0.05, 0.1) is 17.7 Å². The lowest BCUT2D eigenvalue weighted by Gasteiger charge is -2.18. The van der Waals surface area contributed by atoms with Crippen molar-refractivity contribution in [1.29, 1.82) is 0 Å². The minimum Gasteiger partial charge on any atom is -0.421 e. The van der Waals surface area contributed by atoms with Crippen molar-refractivity contribution >= 4 is 22.5 Å². The van der Waals surface area contributed by atoms with Gasteiger partial charge in [0.2, 0.25) is 0 Å². The van der Waals surface area contributed by atoms with Crippen molar-refractivity contribution in [1.82, 2.24) is 24.5 Å². The van der Waals surface area contributed by atoms with E-state index in [-0.39, 0.29) is 24.2 Å². The Kier molecular flexibility index (Phi) is 7.64. The third kappa shape index (κ3) is 5.45. The fourth-order valence-corrected chi connectivity index (χ4v) is 4.66. The van der Waals surface area contributed by atoms with Crippen LogP contribution in [-0.4, -0.2) is 42.9 Å². The number of benzene rings is 2.